The Labute approximate surface area is 155 Å². The highest BCUT2D eigenvalue weighted by molar-refractivity contribution is 6.02. The first-order chi connectivity index (χ1) is 13.2. The minimum Gasteiger partial charge on any atom is -0.507 e. The fraction of sp³-hybridized carbons (Fsp3) is 0.0909. The van der Waals surface area contributed by atoms with Crippen LogP contribution in [0.4, 0.5) is 0 Å². The van der Waals surface area contributed by atoms with Crippen molar-refractivity contribution in [2.45, 2.75) is 12.6 Å². The average Bonchev–Trinajstić information content (AvgIpc) is 3.26. The number of fused-ring (bicyclic) bond motifs is 2. The van der Waals surface area contributed by atoms with Gasteiger partial charge in [0.1, 0.15) is 5.75 Å². The van der Waals surface area contributed by atoms with Crippen LogP contribution in [0.15, 0.2) is 66.7 Å². The summed E-state index contributed by atoms with van der Waals surface area (Å²) in [6.45, 7) is 0.461. The third kappa shape index (κ3) is 2.47. The Morgan fingerprint density at radius 2 is 1.93 bits per heavy atom. The summed E-state index contributed by atoms with van der Waals surface area (Å²) >= 11 is 0. The molecule has 1 unspecified atom stereocenters. The number of hydrogen-bond donors (Lipinski definition) is 2. The van der Waals surface area contributed by atoms with E-state index >= 15 is 0 Å². The van der Waals surface area contributed by atoms with Gasteiger partial charge in [-0.2, -0.15) is 0 Å². The van der Waals surface area contributed by atoms with Crippen molar-refractivity contribution < 1.29 is 9.90 Å². The number of amides is 1. The molecule has 1 aliphatic heterocycles. The van der Waals surface area contributed by atoms with Gasteiger partial charge in [-0.1, -0.05) is 48.5 Å². The maximum Gasteiger partial charge on any atom is 0.259 e. The van der Waals surface area contributed by atoms with Gasteiger partial charge in [0.25, 0.3) is 5.91 Å². The average molecular weight is 354 g/mol. The second kappa shape index (κ2) is 5.99. The molecule has 5 heteroatoms. The molecule has 1 aliphatic rings. The number of nitrogens with zero attached hydrogens (tertiary/aromatic N) is 2. The SMILES string of the molecule is O=C1c2c(O)cccc2C(c2ccc3[nH][c]nc3c2)N1Cc1ccccc1. The zero-order chi connectivity index (χ0) is 18.4. The van der Waals surface area contributed by atoms with Crippen LogP contribution in [0.2, 0.25) is 0 Å². The summed E-state index contributed by atoms with van der Waals surface area (Å²) in [6.07, 6.45) is 2.75. The maximum absolute atomic E-state index is 13.2. The van der Waals surface area contributed by atoms with E-state index in [4.69, 9.17) is 0 Å². The number of benzene rings is 3. The van der Waals surface area contributed by atoms with Crippen LogP contribution in [-0.4, -0.2) is 25.9 Å². The van der Waals surface area contributed by atoms with E-state index in [1.54, 1.807) is 17.0 Å². The minimum atomic E-state index is -0.277. The van der Waals surface area contributed by atoms with E-state index in [1.807, 2.05) is 54.6 Å². The van der Waals surface area contributed by atoms with Crippen molar-refractivity contribution in [1.82, 2.24) is 14.9 Å². The topological polar surface area (TPSA) is 69.2 Å². The smallest absolute Gasteiger partial charge is 0.259 e. The van der Waals surface area contributed by atoms with Gasteiger partial charge in [-0.25, -0.2) is 4.98 Å². The number of imidazole rings is 1. The van der Waals surface area contributed by atoms with Crippen molar-refractivity contribution >= 4 is 16.9 Å². The Morgan fingerprint density at radius 3 is 2.78 bits per heavy atom. The molecule has 4 aromatic rings. The summed E-state index contributed by atoms with van der Waals surface area (Å²) in [5.41, 5.74) is 4.89. The number of H-pyrrole nitrogens is 1. The zero-order valence-corrected chi connectivity index (χ0v) is 14.4. The van der Waals surface area contributed by atoms with Gasteiger partial charge < -0.3 is 15.0 Å². The van der Waals surface area contributed by atoms with Crippen LogP contribution in [-0.2, 0) is 6.54 Å². The number of aromatic hydroxyl groups is 1. The van der Waals surface area contributed by atoms with Gasteiger partial charge in [-0.3, -0.25) is 4.79 Å². The Balaban J connectivity index is 1.66. The molecule has 5 rings (SSSR count). The normalized spacial score (nSPS) is 16.1. The predicted octanol–water partition coefficient (Wildman–Crippen LogP) is 3.81. The van der Waals surface area contributed by atoms with Crippen LogP contribution in [0.25, 0.3) is 11.0 Å². The number of nitrogens with one attached hydrogen (secondary N) is 1. The molecule has 0 fully saturated rings. The molecular weight excluding hydrogens is 338 g/mol. The molecule has 3 aromatic carbocycles. The first-order valence-corrected chi connectivity index (χ1v) is 8.75. The molecule has 0 saturated heterocycles. The lowest BCUT2D eigenvalue weighted by atomic mass is 9.97. The van der Waals surface area contributed by atoms with E-state index in [2.05, 4.69) is 16.3 Å². The summed E-state index contributed by atoms with van der Waals surface area (Å²) in [5.74, 6) is -0.141. The van der Waals surface area contributed by atoms with Crippen molar-refractivity contribution in [3.8, 4) is 5.75 Å². The largest absolute Gasteiger partial charge is 0.507 e. The van der Waals surface area contributed by atoms with Crippen LogP contribution in [0.1, 0.15) is 33.1 Å². The molecular formula is C22H16N3O2. The molecule has 2 N–H and O–H groups in total. The van der Waals surface area contributed by atoms with Crippen molar-refractivity contribution in [1.29, 1.82) is 0 Å². The van der Waals surface area contributed by atoms with Crippen LogP contribution >= 0.6 is 0 Å². The summed E-state index contributed by atoms with van der Waals surface area (Å²) in [6, 6.07) is 20.7. The van der Waals surface area contributed by atoms with Crippen molar-refractivity contribution in [3.63, 3.8) is 0 Å². The highest BCUT2D eigenvalue weighted by atomic mass is 16.3. The van der Waals surface area contributed by atoms with Crippen molar-refractivity contribution in [2.75, 3.05) is 0 Å². The molecule has 0 saturated carbocycles. The summed E-state index contributed by atoms with van der Waals surface area (Å²) in [7, 11) is 0. The van der Waals surface area contributed by atoms with Crippen LogP contribution < -0.4 is 0 Å². The van der Waals surface area contributed by atoms with Gasteiger partial charge >= 0.3 is 0 Å². The van der Waals surface area contributed by atoms with Gasteiger partial charge in [0.15, 0.2) is 6.33 Å². The highest BCUT2D eigenvalue weighted by Gasteiger charge is 2.39. The first kappa shape index (κ1) is 15.6. The van der Waals surface area contributed by atoms with E-state index in [0.29, 0.717) is 12.1 Å². The fourth-order valence-corrected chi connectivity index (χ4v) is 3.82. The number of carbonyl (C=O) groups is 1. The van der Waals surface area contributed by atoms with Crippen LogP contribution in [0.3, 0.4) is 0 Å². The molecule has 1 aromatic heterocycles. The zero-order valence-electron chi connectivity index (χ0n) is 14.4. The molecule has 131 valence electrons. The van der Waals surface area contributed by atoms with Crippen molar-refractivity contribution in [3.05, 3.63) is 95.3 Å². The summed E-state index contributed by atoms with van der Waals surface area (Å²) in [5, 5.41) is 10.3. The minimum absolute atomic E-state index is 0.0206. The van der Waals surface area contributed by atoms with Gasteiger partial charge in [0, 0.05) is 6.54 Å². The standard InChI is InChI=1S/C22H16N3O2/c26-19-8-4-7-16-20(19)22(27)25(12-14-5-2-1-3-6-14)21(16)15-9-10-17-18(11-15)24-13-23-17/h1-11,21,26H,12H2,(H,23,24). The summed E-state index contributed by atoms with van der Waals surface area (Å²) in [4.78, 5) is 22.1. The third-order valence-corrected chi connectivity index (χ3v) is 5.06. The molecule has 1 amide bonds. The highest BCUT2D eigenvalue weighted by Crippen LogP contribution is 2.43. The molecule has 5 nitrogen and oxygen atoms in total. The van der Waals surface area contributed by atoms with Gasteiger partial charge in [0.05, 0.1) is 22.6 Å². The number of hydrogen-bond acceptors (Lipinski definition) is 3. The predicted molar refractivity (Wildman–Crippen MR) is 101 cm³/mol. The number of aromatic amines is 1. The lowest BCUT2D eigenvalue weighted by Crippen LogP contribution is -2.28. The van der Waals surface area contributed by atoms with E-state index in [-0.39, 0.29) is 17.7 Å². The fourth-order valence-electron chi connectivity index (χ4n) is 3.82. The summed E-state index contributed by atoms with van der Waals surface area (Å²) < 4.78 is 0. The monoisotopic (exact) mass is 354 g/mol. The van der Waals surface area contributed by atoms with Crippen molar-refractivity contribution in [2.24, 2.45) is 0 Å². The van der Waals surface area contributed by atoms with E-state index in [1.165, 1.54) is 0 Å². The molecule has 1 atom stereocenters. The van der Waals surface area contributed by atoms with E-state index in [0.717, 1.165) is 27.7 Å². The quantitative estimate of drug-likeness (QED) is 0.588. The van der Waals surface area contributed by atoms with Crippen LogP contribution in [0.5, 0.6) is 5.75 Å². The van der Waals surface area contributed by atoms with E-state index < -0.39 is 0 Å². The number of phenolic OH excluding ortho intramolecular Hbond substituents is 1. The molecule has 1 radical (unpaired) electrons. The molecule has 0 aliphatic carbocycles. The molecule has 0 bridgehead atoms. The molecule has 27 heavy (non-hydrogen) atoms. The number of rotatable bonds is 3. The number of carbonyl (C=O) groups excluding carboxylic acids is 1. The maximum atomic E-state index is 13.2. The Morgan fingerprint density at radius 1 is 1.07 bits per heavy atom. The third-order valence-electron chi connectivity index (χ3n) is 5.06. The molecule has 0 spiro atoms. The van der Waals surface area contributed by atoms with Gasteiger partial charge in [-0.15, -0.1) is 0 Å². The lowest BCUT2D eigenvalue weighted by Gasteiger charge is -2.26. The van der Waals surface area contributed by atoms with Gasteiger partial charge in [-0.05, 0) is 34.9 Å². The van der Waals surface area contributed by atoms with E-state index in [9.17, 15) is 9.90 Å². The Hall–Kier alpha value is -3.60. The van der Waals surface area contributed by atoms with Gasteiger partial charge in [0.2, 0.25) is 0 Å². The molecule has 2 heterocycles. The Bertz CT molecular complexity index is 1150. The number of aromatic nitrogens is 2. The number of phenols is 1. The lowest BCUT2D eigenvalue weighted by molar-refractivity contribution is 0.0734. The second-order valence-electron chi connectivity index (χ2n) is 6.69. The van der Waals surface area contributed by atoms with Crippen LogP contribution in [0, 0.1) is 6.33 Å². The Kier molecular flexibility index (Phi) is 3.47. The second-order valence-corrected chi connectivity index (χ2v) is 6.69. The first-order valence-electron chi connectivity index (χ1n) is 8.75.